The van der Waals surface area contributed by atoms with Crippen LogP contribution in [-0.2, 0) is 6.54 Å². The molecule has 2 aliphatic rings. The zero-order chi connectivity index (χ0) is 10.1. The fourth-order valence-electron chi connectivity index (χ4n) is 2.70. The fraction of sp³-hybridized carbons (Fsp3) is 0.727. The molecule has 2 atom stereocenters. The largest absolute Gasteiger partial charge is 0.451 e. The van der Waals surface area contributed by atoms with Crippen LogP contribution in [-0.4, -0.2) is 35.1 Å². The highest BCUT2D eigenvalue weighted by atomic mass is 16.3. The van der Waals surface area contributed by atoms with Gasteiger partial charge in [-0.3, -0.25) is 4.90 Å². The van der Waals surface area contributed by atoms with Crippen LogP contribution in [0.1, 0.15) is 25.0 Å². The van der Waals surface area contributed by atoms with E-state index in [9.17, 15) is 0 Å². The Kier molecular flexibility index (Phi) is 2.46. The van der Waals surface area contributed by atoms with Crippen molar-refractivity contribution in [2.75, 3.05) is 13.1 Å². The quantitative estimate of drug-likeness (QED) is 0.785. The van der Waals surface area contributed by atoms with Gasteiger partial charge in [0.25, 0.3) is 0 Å². The Hall–Kier alpha value is -0.870. The maximum absolute atomic E-state index is 5.00. The van der Waals surface area contributed by atoms with Crippen LogP contribution in [0.15, 0.2) is 17.1 Å². The summed E-state index contributed by atoms with van der Waals surface area (Å²) in [7, 11) is 0. The summed E-state index contributed by atoms with van der Waals surface area (Å²) in [4.78, 5) is 6.66. The van der Waals surface area contributed by atoms with Gasteiger partial charge in [-0.2, -0.15) is 0 Å². The van der Waals surface area contributed by atoms with Gasteiger partial charge in [0.15, 0.2) is 6.39 Å². The van der Waals surface area contributed by atoms with Gasteiger partial charge < -0.3 is 9.73 Å². The highest BCUT2D eigenvalue weighted by molar-refractivity contribution is 4.94. The molecule has 2 unspecified atom stereocenters. The summed E-state index contributed by atoms with van der Waals surface area (Å²) in [6.07, 6.45) is 7.23. The van der Waals surface area contributed by atoms with Gasteiger partial charge in [-0.1, -0.05) is 0 Å². The molecule has 0 aromatic carbocycles. The van der Waals surface area contributed by atoms with E-state index in [1.807, 2.05) is 0 Å². The number of nitrogens with one attached hydrogen (secondary N) is 1. The Bertz CT molecular complexity index is 312. The molecule has 3 heterocycles. The molecule has 4 nitrogen and oxygen atoms in total. The number of nitrogens with zero attached hydrogens (tertiary/aromatic N) is 2. The van der Waals surface area contributed by atoms with E-state index in [0.29, 0.717) is 6.04 Å². The first-order valence-corrected chi connectivity index (χ1v) is 5.75. The Labute approximate surface area is 89.7 Å². The van der Waals surface area contributed by atoms with E-state index < -0.39 is 0 Å². The minimum Gasteiger partial charge on any atom is -0.451 e. The van der Waals surface area contributed by atoms with Gasteiger partial charge in [0.2, 0.25) is 0 Å². The maximum atomic E-state index is 5.00. The van der Waals surface area contributed by atoms with Gasteiger partial charge in [-0.05, 0) is 19.3 Å². The summed E-state index contributed by atoms with van der Waals surface area (Å²) < 4.78 is 5.00. The first-order chi connectivity index (χ1) is 7.40. The molecule has 0 spiro atoms. The Morgan fingerprint density at radius 2 is 2.33 bits per heavy atom. The smallest absolute Gasteiger partial charge is 0.180 e. The Morgan fingerprint density at radius 1 is 1.40 bits per heavy atom. The zero-order valence-electron chi connectivity index (χ0n) is 8.85. The number of hydrogen-bond donors (Lipinski definition) is 1. The molecule has 82 valence electrons. The number of fused-ring (bicyclic) bond motifs is 2. The van der Waals surface area contributed by atoms with Crippen molar-refractivity contribution in [2.45, 2.75) is 37.9 Å². The highest BCUT2D eigenvalue weighted by Crippen LogP contribution is 2.21. The lowest BCUT2D eigenvalue weighted by Gasteiger charge is -2.22. The molecule has 2 bridgehead atoms. The van der Waals surface area contributed by atoms with Crippen molar-refractivity contribution in [1.82, 2.24) is 15.2 Å². The van der Waals surface area contributed by atoms with Crippen LogP contribution in [0, 0.1) is 0 Å². The molecule has 0 aliphatic carbocycles. The summed E-state index contributed by atoms with van der Waals surface area (Å²) >= 11 is 0. The second kappa shape index (κ2) is 3.94. The lowest BCUT2D eigenvalue weighted by molar-refractivity contribution is 0.248. The van der Waals surface area contributed by atoms with Crippen molar-refractivity contribution in [3.8, 4) is 0 Å². The number of aromatic nitrogens is 1. The van der Waals surface area contributed by atoms with Gasteiger partial charge in [0.05, 0.1) is 5.69 Å². The molecular weight excluding hydrogens is 190 g/mol. The molecule has 2 fully saturated rings. The van der Waals surface area contributed by atoms with Crippen LogP contribution >= 0.6 is 0 Å². The molecule has 1 aromatic rings. The molecule has 2 aliphatic heterocycles. The SMILES string of the molecule is c1nc(CN2CCC3CCC(C2)N3)co1. The van der Waals surface area contributed by atoms with Gasteiger partial charge in [0, 0.05) is 31.7 Å². The van der Waals surface area contributed by atoms with E-state index >= 15 is 0 Å². The molecule has 15 heavy (non-hydrogen) atoms. The van der Waals surface area contributed by atoms with Crippen LogP contribution < -0.4 is 5.32 Å². The molecule has 3 rings (SSSR count). The lowest BCUT2D eigenvalue weighted by atomic mass is 10.1. The van der Waals surface area contributed by atoms with E-state index in [0.717, 1.165) is 24.8 Å². The summed E-state index contributed by atoms with van der Waals surface area (Å²) in [6.45, 7) is 3.27. The fourth-order valence-corrected chi connectivity index (χ4v) is 2.70. The standard InChI is InChI=1S/C11H17N3O/c1-2-10-5-14(4-3-9(1)13-10)6-11-7-15-8-12-11/h7-10,13H,1-6H2. The Morgan fingerprint density at radius 3 is 3.20 bits per heavy atom. The third-order valence-electron chi connectivity index (χ3n) is 3.48. The van der Waals surface area contributed by atoms with Crippen molar-refractivity contribution >= 4 is 0 Å². The van der Waals surface area contributed by atoms with Crippen LogP contribution in [0.25, 0.3) is 0 Å². The predicted molar refractivity (Wildman–Crippen MR) is 56.3 cm³/mol. The first kappa shape index (κ1) is 9.36. The van der Waals surface area contributed by atoms with E-state index in [-0.39, 0.29) is 0 Å². The highest BCUT2D eigenvalue weighted by Gasteiger charge is 2.29. The topological polar surface area (TPSA) is 41.3 Å². The molecule has 0 saturated carbocycles. The van der Waals surface area contributed by atoms with Gasteiger partial charge in [-0.25, -0.2) is 4.98 Å². The summed E-state index contributed by atoms with van der Waals surface area (Å²) in [5.74, 6) is 0. The predicted octanol–water partition coefficient (Wildman–Crippen LogP) is 1.00. The summed E-state index contributed by atoms with van der Waals surface area (Å²) in [5, 5.41) is 3.68. The minimum atomic E-state index is 0.699. The van der Waals surface area contributed by atoms with Crippen molar-refractivity contribution < 1.29 is 4.42 Å². The van der Waals surface area contributed by atoms with Gasteiger partial charge in [-0.15, -0.1) is 0 Å². The molecule has 4 heteroatoms. The summed E-state index contributed by atoms with van der Waals surface area (Å²) in [5.41, 5.74) is 1.05. The first-order valence-electron chi connectivity index (χ1n) is 5.75. The van der Waals surface area contributed by atoms with E-state index in [1.54, 1.807) is 6.26 Å². The van der Waals surface area contributed by atoms with Crippen molar-refractivity contribution in [3.63, 3.8) is 0 Å². The molecule has 0 amide bonds. The number of rotatable bonds is 2. The molecule has 1 aromatic heterocycles. The summed E-state index contributed by atoms with van der Waals surface area (Å²) in [6, 6.07) is 1.46. The monoisotopic (exact) mass is 207 g/mol. The van der Waals surface area contributed by atoms with Crippen LogP contribution in [0.5, 0.6) is 0 Å². The number of likely N-dealkylation sites (tertiary alicyclic amines) is 1. The number of oxazole rings is 1. The second-order valence-corrected chi connectivity index (χ2v) is 4.64. The average Bonchev–Trinajstić information content (AvgIpc) is 2.80. The average molecular weight is 207 g/mol. The van der Waals surface area contributed by atoms with Crippen molar-refractivity contribution in [2.24, 2.45) is 0 Å². The minimum absolute atomic E-state index is 0.699. The van der Waals surface area contributed by atoms with Crippen molar-refractivity contribution in [1.29, 1.82) is 0 Å². The zero-order valence-corrected chi connectivity index (χ0v) is 8.85. The maximum Gasteiger partial charge on any atom is 0.180 e. The van der Waals surface area contributed by atoms with Gasteiger partial charge in [0.1, 0.15) is 6.26 Å². The molecule has 0 radical (unpaired) electrons. The van der Waals surface area contributed by atoms with E-state index in [1.165, 1.54) is 32.2 Å². The third-order valence-corrected chi connectivity index (χ3v) is 3.48. The second-order valence-electron chi connectivity index (χ2n) is 4.64. The van der Waals surface area contributed by atoms with Crippen LogP contribution in [0.2, 0.25) is 0 Å². The van der Waals surface area contributed by atoms with E-state index in [2.05, 4.69) is 15.2 Å². The number of hydrogen-bond acceptors (Lipinski definition) is 4. The lowest BCUT2D eigenvalue weighted by Crippen LogP contribution is -2.35. The van der Waals surface area contributed by atoms with Crippen molar-refractivity contribution in [3.05, 3.63) is 18.4 Å². The van der Waals surface area contributed by atoms with Crippen LogP contribution in [0.4, 0.5) is 0 Å². The van der Waals surface area contributed by atoms with Gasteiger partial charge >= 0.3 is 0 Å². The normalized spacial score (nSPS) is 31.7. The van der Waals surface area contributed by atoms with E-state index in [4.69, 9.17) is 4.42 Å². The van der Waals surface area contributed by atoms with Crippen LogP contribution in [0.3, 0.4) is 0 Å². The molecular formula is C11H17N3O. The Balaban J connectivity index is 1.62. The molecule has 1 N–H and O–H groups in total. The third kappa shape index (κ3) is 2.06. The molecule has 2 saturated heterocycles.